The van der Waals surface area contributed by atoms with Crippen molar-refractivity contribution in [3.05, 3.63) is 29.8 Å². The molecule has 1 heterocycles. The van der Waals surface area contributed by atoms with Crippen molar-refractivity contribution in [2.45, 2.75) is 31.5 Å². The molecule has 1 saturated carbocycles. The highest BCUT2D eigenvalue weighted by atomic mass is 19.4. The van der Waals surface area contributed by atoms with Gasteiger partial charge in [-0.25, -0.2) is 0 Å². The van der Waals surface area contributed by atoms with Crippen molar-refractivity contribution in [2.24, 2.45) is 11.3 Å². The highest BCUT2D eigenvalue weighted by molar-refractivity contribution is 5.82. The number of alkyl halides is 3. The number of carbonyl (C=O) groups excluding carboxylic acids is 1. The Morgan fingerprint density at radius 2 is 2.04 bits per heavy atom. The van der Waals surface area contributed by atoms with Crippen LogP contribution < -0.4 is 10.1 Å². The van der Waals surface area contributed by atoms with E-state index in [0.717, 1.165) is 38.4 Å². The molecule has 0 unspecified atom stereocenters. The van der Waals surface area contributed by atoms with Crippen LogP contribution in [0.5, 0.6) is 5.75 Å². The van der Waals surface area contributed by atoms with Crippen molar-refractivity contribution < 1.29 is 27.8 Å². The van der Waals surface area contributed by atoms with Crippen LogP contribution in [0.3, 0.4) is 0 Å². The second kappa shape index (κ2) is 7.67. The van der Waals surface area contributed by atoms with Gasteiger partial charge in [-0.15, -0.1) is 0 Å². The van der Waals surface area contributed by atoms with E-state index in [1.54, 1.807) is 7.05 Å². The molecule has 1 spiro atoms. The maximum atomic E-state index is 13.0. The van der Waals surface area contributed by atoms with Crippen molar-refractivity contribution >= 4 is 5.91 Å². The lowest BCUT2D eigenvalue weighted by molar-refractivity contribution is -0.139. The number of carbonyl (C=O) groups is 1. The molecule has 0 aromatic heterocycles. The largest absolute Gasteiger partial charge is 0.490 e. The zero-order chi connectivity index (χ0) is 19.7. The Labute approximate surface area is 156 Å². The maximum absolute atomic E-state index is 13.0. The third kappa shape index (κ3) is 4.55. The van der Waals surface area contributed by atoms with Crippen LogP contribution in [0.4, 0.5) is 13.2 Å². The molecule has 1 saturated heterocycles. The number of piperidine rings is 1. The number of hydrogen-bond donors (Lipinski definition) is 2. The number of aliphatic hydroxyl groups is 1. The van der Waals surface area contributed by atoms with Crippen LogP contribution in [-0.2, 0) is 11.0 Å². The number of nitrogens with one attached hydrogen (secondary N) is 1. The van der Waals surface area contributed by atoms with Crippen molar-refractivity contribution in [1.82, 2.24) is 10.2 Å². The number of benzene rings is 1. The van der Waals surface area contributed by atoms with E-state index >= 15 is 0 Å². The Bertz CT molecular complexity index is 674. The van der Waals surface area contributed by atoms with E-state index < -0.39 is 17.8 Å². The number of likely N-dealkylation sites (N-methyl/N-ethyl adjacent to an activating group) is 1. The summed E-state index contributed by atoms with van der Waals surface area (Å²) in [6.07, 6.45) is -2.75. The third-order valence-corrected chi connectivity index (χ3v) is 5.57. The number of para-hydroxylation sites is 1. The Kier molecular flexibility index (Phi) is 5.67. The van der Waals surface area contributed by atoms with E-state index in [0.29, 0.717) is 0 Å². The van der Waals surface area contributed by atoms with E-state index in [4.69, 9.17) is 4.74 Å². The van der Waals surface area contributed by atoms with Gasteiger partial charge in [0.05, 0.1) is 5.56 Å². The van der Waals surface area contributed by atoms with E-state index in [-0.39, 0.29) is 36.1 Å². The van der Waals surface area contributed by atoms with Gasteiger partial charge in [-0.3, -0.25) is 4.79 Å². The lowest BCUT2D eigenvalue weighted by Crippen LogP contribution is -2.39. The normalized spacial score (nSPS) is 22.3. The van der Waals surface area contributed by atoms with Gasteiger partial charge in [0.25, 0.3) is 0 Å². The highest BCUT2D eigenvalue weighted by Crippen LogP contribution is 2.59. The maximum Gasteiger partial charge on any atom is 0.419 e. The van der Waals surface area contributed by atoms with Crippen LogP contribution in [-0.4, -0.2) is 55.3 Å². The van der Waals surface area contributed by atoms with Crippen LogP contribution in [0, 0.1) is 11.3 Å². The molecule has 1 amide bonds. The van der Waals surface area contributed by atoms with Gasteiger partial charge in [-0.05, 0) is 49.9 Å². The first-order chi connectivity index (χ1) is 12.7. The topological polar surface area (TPSA) is 61.8 Å². The fraction of sp³-hybridized carbons (Fsp3) is 0.632. The number of amides is 1. The van der Waals surface area contributed by atoms with E-state index in [9.17, 15) is 23.1 Å². The Hall–Kier alpha value is -1.80. The van der Waals surface area contributed by atoms with E-state index in [1.165, 1.54) is 23.1 Å². The minimum absolute atomic E-state index is 0.00774. The second-order valence-corrected chi connectivity index (χ2v) is 7.55. The van der Waals surface area contributed by atoms with Gasteiger partial charge in [0.15, 0.2) is 0 Å². The van der Waals surface area contributed by atoms with Crippen LogP contribution in [0.1, 0.15) is 24.8 Å². The Balaban J connectivity index is 1.50. The molecule has 1 aliphatic carbocycles. The molecule has 3 rings (SSSR count). The number of aliphatic hydroxyl groups excluding tert-OH is 1. The predicted octanol–water partition coefficient (Wildman–Crippen LogP) is 2.29. The highest BCUT2D eigenvalue weighted by Gasteiger charge is 2.58. The first-order valence-corrected chi connectivity index (χ1v) is 9.16. The summed E-state index contributed by atoms with van der Waals surface area (Å²) in [5.74, 6) is -0.343. The lowest BCUT2D eigenvalue weighted by atomic mass is 9.91. The van der Waals surface area contributed by atoms with Crippen LogP contribution in [0.25, 0.3) is 0 Å². The average Bonchev–Trinajstić information content (AvgIpc) is 3.32. The molecule has 27 heavy (non-hydrogen) atoms. The summed E-state index contributed by atoms with van der Waals surface area (Å²) >= 11 is 0. The van der Waals surface area contributed by atoms with Crippen molar-refractivity contribution in [3.63, 3.8) is 0 Å². The van der Waals surface area contributed by atoms with Gasteiger partial charge < -0.3 is 20.1 Å². The molecule has 8 heteroatoms. The molecule has 0 radical (unpaired) electrons. The third-order valence-electron chi connectivity index (χ3n) is 5.57. The summed E-state index contributed by atoms with van der Waals surface area (Å²) < 4.78 is 44.1. The number of ether oxygens (including phenoxy) is 1. The number of rotatable bonds is 6. The zero-order valence-electron chi connectivity index (χ0n) is 15.3. The quantitative estimate of drug-likeness (QED) is 0.788. The molecular formula is C19H25F3N2O3. The van der Waals surface area contributed by atoms with Gasteiger partial charge in [0, 0.05) is 19.5 Å². The van der Waals surface area contributed by atoms with Crippen molar-refractivity contribution in [2.75, 3.05) is 33.3 Å². The fourth-order valence-electron chi connectivity index (χ4n) is 3.91. The molecule has 1 aliphatic heterocycles. The smallest absolute Gasteiger partial charge is 0.419 e. The van der Waals surface area contributed by atoms with Gasteiger partial charge in [0.1, 0.15) is 18.5 Å². The molecule has 0 bridgehead atoms. The summed E-state index contributed by atoms with van der Waals surface area (Å²) in [4.78, 5) is 14.0. The van der Waals surface area contributed by atoms with Gasteiger partial charge in [-0.2, -0.15) is 13.2 Å². The molecule has 5 nitrogen and oxygen atoms in total. The fourth-order valence-corrected chi connectivity index (χ4v) is 3.91. The number of hydrogen-bond acceptors (Lipinski definition) is 4. The molecule has 2 aliphatic rings. The lowest BCUT2D eigenvalue weighted by Gasteiger charge is -2.26. The van der Waals surface area contributed by atoms with E-state index in [2.05, 4.69) is 5.32 Å². The molecule has 2 fully saturated rings. The Morgan fingerprint density at radius 1 is 1.37 bits per heavy atom. The molecule has 2 atom stereocenters. The van der Waals surface area contributed by atoms with Gasteiger partial charge in [0.2, 0.25) is 5.91 Å². The molecule has 1 aromatic carbocycles. The Morgan fingerprint density at radius 3 is 2.70 bits per heavy atom. The summed E-state index contributed by atoms with van der Waals surface area (Å²) in [5.41, 5.74) is -0.781. The van der Waals surface area contributed by atoms with Crippen molar-refractivity contribution in [1.29, 1.82) is 0 Å². The predicted molar refractivity (Wildman–Crippen MR) is 93.2 cm³/mol. The molecule has 150 valence electrons. The van der Waals surface area contributed by atoms with Crippen LogP contribution in [0.15, 0.2) is 24.3 Å². The average molecular weight is 386 g/mol. The minimum Gasteiger partial charge on any atom is -0.490 e. The summed E-state index contributed by atoms with van der Waals surface area (Å²) in [5, 5.41) is 13.4. The monoisotopic (exact) mass is 386 g/mol. The van der Waals surface area contributed by atoms with Crippen LogP contribution in [0.2, 0.25) is 0 Å². The summed E-state index contributed by atoms with van der Waals surface area (Å²) in [6, 6.07) is 4.88. The minimum atomic E-state index is -4.52. The van der Waals surface area contributed by atoms with Gasteiger partial charge >= 0.3 is 6.18 Å². The van der Waals surface area contributed by atoms with Crippen molar-refractivity contribution in [3.8, 4) is 5.75 Å². The number of halogens is 3. The molecule has 2 N–H and O–H groups in total. The first kappa shape index (κ1) is 19.9. The molecule has 1 aromatic rings. The SMILES string of the molecule is CN(C[C@@H](O)COc1ccccc1C(F)(F)F)C(=O)[C@H]1CC12CCNCC2. The summed E-state index contributed by atoms with van der Waals surface area (Å²) in [6.45, 7) is 1.55. The second-order valence-electron chi connectivity index (χ2n) is 7.55. The summed E-state index contributed by atoms with van der Waals surface area (Å²) in [7, 11) is 1.61. The molecular weight excluding hydrogens is 361 g/mol. The number of nitrogens with zero attached hydrogens (tertiary/aromatic N) is 1. The zero-order valence-corrected chi connectivity index (χ0v) is 15.3. The van der Waals surface area contributed by atoms with E-state index in [1.807, 2.05) is 0 Å². The van der Waals surface area contributed by atoms with Gasteiger partial charge in [-0.1, -0.05) is 12.1 Å². The van der Waals surface area contributed by atoms with Crippen LogP contribution >= 0.6 is 0 Å². The standard InChI is InChI=1S/C19H25F3N2O3/c1-24(17(26)15-10-18(15)6-8-23-9-7-18)11-13(25)12-27-16-5-3-2-4-14(16)19(20,21)22/h2-5,13,15,23,25H,6-12H2,1H3/t13-,15-/m1/s1. The first-order valence-electron chi connectivity index (χ1n) is 9.16.